The summed E-state index contributed by atoms with van der Waals surface area (Å²) in [5, 5.41) is 9.22. The number of ether oxygens (including phenoxy) is 2. The van der Waals surface area contributed by atoms with Gasteiger partial charge in [0.1, 0.15) is 0 Å². The molecule has 0 aromatic carbocycles. The van der Waals surface area contributed by atoms with E-state index in [0.717, 1.165) is 19.5 Å². The van der Waals surface area contributed by atoms with E-state index < -0.39 is 11.9 Å². The fourth-order valence-corrected chi connectivity index (χ4v) is 2.34. The van der Waals surface area contributed by atoms with Gasteiger partial charge in [-0.1, -0.05) is 6.92 Å². The van der Waals surface area contributed by atoms with E-state index in [1.807, 2.05) is 20.8 Å². The third-order valence-electron chi connectivity index (χ3n) is 3.26. The van der Waals surface area contributed by atoms with E-state index in [2.05, 4.69) is 11.8 Å². The van der Waals surface area contributed by atoms with Crippen LogP contribution in [0.2, 0.25) is 0 Å². The lowest BCUT2D eigenvalue weighted by Gasteiger charge is -2.31. The van der Waals surface area contributed by atoms with E-state index in [0.29, 0.717) is 19.8 Å². The van der Waals surface area contributed by atoms with Crippen LogP contribution in [0.1, 0.15) is 34.1 Å². The van der Waals surface area contributed by atoms with Crippen molar-refractivity contribution in [1.82, 2.24) is 4.90 Å². The van der Waals surface area contributed by atoms with Gasteiger partial charge in [0.15, 0.2) is 0 Å². The molecule has 0 saturated carbocycles. The van der Waals surface area contributed by atoms with Gasteiger partial charge in [-0.3, -0.25) is 9.69 Å². The monoisotopic (exact) mass is 273 g/mol. The molecule has 0 bridgehead atoms. The number of aliphatic carboxylic acids is 1. The second-order valence-corrected chi connectivity index (χ2v) is 6.05. The molecule has 112 valence electrons. The summed E-state index contributed by atoms with van der Waals surface area (Å²) in [6.07, 6.45) is 0.998. The summed E-state index contributed by atoms with van der Waals surface area (Å²) in [5.41, 5.74) is -0.156. The van der Waals surface area contributed by atoms with Crippen LogP contribution in [0.3, 0.4) is 0 Å². The molecule has 19 heavy (non-hydrogen) atoms. The zero-order valence-electron chi connectivity index (χ0n) is 12.5. The van der Waals surface area contributed by atoms with Crippen molar-refractivity contribution in [3.05, 3.63) is 0 Å². The van der Waals surface area contributed by atoms with E-state index in [1.165, 1.54) is 0 Å². The van der Waals surface area contributed by atoms with Crippen LogP contribution in [0.25, 0.3) is 0 Å². The van der Waals surface area contributed by atoms with Gasteiger partial charge in [-0.15, -0.1) is 0 Å². The highest BCUT2D eigenvalue weighted by atomic mass is 16.5. The minimum absolute atomic E-state index is 0.0268. The molecule has 1 aliphatic heterocycles. The number of carboxylic acids is 1. The van der Waals surface area contributed by atoms with Gasteiger partial charge in [-0.2, -0.15) is 0 Å². The first-order valence-corrected chi connectivity index (χ1v) is 7.03. The third-order valence-corrected chi connectivity index (χ3v) is 3.26. The van der Waals surface area contributed by atoms with Crippen LogP contribution in [-0.2, 0) is 14.3 Å². The van der Waals surface area contributed by atoms with E-state index >= 15 is 0 Å². The Balaban J connectivity index is 2.53. The molecule has 1 fully saturated rings. The lowest BCUT2D eigenvalue weighted by atomic mass is 10.0. The summed E-state index contributed by atoms with van der Waals surface area (Å²) >= 11 is 0. The van der Waals surface area contributed by atoms with E-state index in [4.69, 9.17) is 9.47 Å². The number of hydrogen-bond donors (Lipinski definition) is 1. The number of nitrogens with zero attached hydrogens (tertiary/aromatic N) is 1. The second-order valence-electron chi connectivity index (χ2n) is 6.05. The number of carbonyl (C=O) groups is 1. The molecule has 0 spiro atoms. The van der Waals surface area contributed by atoms with Crippen LogP contribution in [-0.4, -0.2) is 60.5 Å². The Morgan fingerprint density at radius 2 is 2.05 bits per heavy atom. The van der Waals surface area contributed by atoms with Gasteiger partial charge in [0, 0.05) is 12.6 Å². The molecular weight excluding hydrogens is 246 g/mol. The molecule has 5 nitrogen and oxygen atoms in total. The molecule has 5 heteroatoms. The standard InChI is InChI=1S/C14H27NO4/c1-5-6-15(7-8-19-14(2,3)4)12-10-18-9-11(12)13(16)17/h11-12H,5-10H2,1-4H3,(H,16,17). The van der Waals surface area contributed by atoms with Gasteiger partial charge >= 0.3 is 5.97 Å². The SMILES string of the molecule is CCCN(CCOC(C)(C)C)C1COCC1C(=O)O. The number of hydrogen-bond acceptors (Lipinski definition) is 4. The van der Waals surface area contributed by atoms with Crippen molar-refractivity contribution >= 4 is 5.97 Å². The van der Waals surface area contributed by atoms with Crippen LogP contribution in [0.15, 0.2) is 0 Å². The zero-order chi connectivity index (χ0) is 14.5. The van der Waals surface area contributed by atoms with Crippen LogP contribution in [0.4, 0.5) is 0 Å². The Kier molecular flexibility index (Phi) is 6.23. The lowest BCUT2D eigenvalue weighted by Crippen LogP contribution is -2.45. The summed E-state index contributed by atoms with van der Waals surface area (Å²) in [6, 6.07) is -0.0268. The first-order valence-electron chi connectivity index (χ1n) is 7.03. The number of rotatable bonds is 7. The van der Waals surface area contributed by atoms with Crippen molar-refractivity contribution in [3.63, 3.8) is 0 Å². The molecule has 2 unspecified atom stereocenters. The highest BCUT2D eigenvalue weighted by molar-refractivity contribution is 5.71. The smallest absolute Gasteiger partial charge is 0.310 e. The minimum atomic E-state index is -0.764. The largest absolute Gasteiger partial charge is 0.481 e. The normalized spacial score (nSPS) is 24.1. The molecule has 1 N–H and O–H groups in total. The molecule has 0 aliphatic carbocycles. The molecule has 1 heterocycles. The van der Waals surface area contributed by atoms with Gasteiger partial charge in [-0.25, -0.2) is 0 Å². The molecule has 0 amide bonds. The predicted octanol–water partition coefficient (Wildman–Crippen LogP) is 1.61. The average molecular weight is 273 g/mol. The Bertz CT molecular complexity index is 288. The summed E-state index contributed by atoms with van der Waals surface area (Å²) in [6.45, 7) is 11.2. The van der Waals surface area contributed by atoms with Gasteiger partial charge in [0.25, 0.3) is 0 Å². The fourth-order valence-electron chi connectivity index (χ4n) is 2.34. The van der Waals surface area contributed by atoms with Gasteiger partial charge in [0.05, 0.1) is 31.3 Å². The third kappa shape index (κ3) is 5.47. The van der Waals surface area contributed by atoms with E-state index in [9.17, 15) is 9.90 Å². The summed E-state index contributed by atoms with van der Waals surface area (Å²) in [5.74, 6) is -1.18. The van der Waals surface area contributed by atoms with Gasteiger partial charge in [-0.05, 0) is 33.7 Å². The predicted molar refractivity (Wildman–Crippen MR) is 73.3 cm³/mol. The first kappa shape index (κ1) is 16.4. The molecule has 0 aromatic heterocycles. The topological polar surface area (TPSA) is 59.0 Å². The quantitative estimate of drug-likeness (QED) is 0.763. The van der Waals surface area contributed by atoms with Gasteiger partial charge in [0.2, 0.25) is 0 Å². The molecule has 2 atom stereocenters. The molecule has 0 radical (unpaired) electrons. The van der Waals surface area contributed by atoms with Crippen molar-refractivity contribution in [3.8, 4) is 0 Å². The highest BCUT2D eigenvalue weighted by Crippen LogP contribution is 2.20. The van der Waals surface area contributed by atoms with Gasteiger partial charge < -0.3 is 14.6 Å². The lowest BCUT2D eigenvalue weighted by molar-refractivity contribution is -0.143. The molecular formula is C14H27NO4. The Hall–Kier alpha value is -0.650. The van der Waals surface area contributed by atoms with Crippen molar-refractivity contribution in [2.45, 2.75) is 45.8 Å². The van der Waals surface area contributed by atoms with Crippen LogP contribution in [0.5, 0.6) is 0 Å². The van der Waals surface area contributed by atoms with E-state index in [-0.39, 0.29) is 11.6 Å². The maximum absolute atomic E-state index is 11.2. The Labute approximate surface area is 115 Å². The van der Waals surface area contributed by atoms with Crippen molar-refractivity contribution in [1.29, 1.82) is 0 Å². The fraction of sp³-hybridized carbons (Fsp3) is 0.929. The first-order chi connectivity index (χ1) is 8.85. The average Bonchev–Trinajstić information content (AvgIpc) is 2.75. The van der Waals surface area contributed by atoms with Crippen LogP contribution in [0, 0.1) is 5.92 Å². The van der Waals surface area contributed by atoms with Crippen molar-refractivity contribution in [2.24, 2.45) is 5.92 Å². The van der Waals surface area contributed by atoms with Crippen molar-refractivity contribution in [2.75, 3.05) is 32.9 Å². The molecule has 1 rings (SSSR count). The summed E-state index contributed by atoms with van der Waals surface area (Å²) in [4.78, 5) is 13.4. The van der Waals surface area contributed by atoms with Crippen LogP contribution >= 0.6 is 0 Å². The maximum Gasteiger partial charge on any atom is 0.310 e. The van der Waals surface area contributed by atoms with E-state index in [1.54, 1.807) is 0 Å². The number of carboxylic acid groups (broad SMARTS) is 1. The Morgan fingerprint density at radius 1 is 1.37 bits per heavy atom. The molecule has 0 aromatic rings. The summed E-state index contributed by atoms with van der Waals surface area (Å²) in [7, 11) is 0. The minimum Gasteiger partial charge on any atom is -0.481 e. The molecule has 1 aliphatic rings. The van der Waals surface area contributed by atoms with Crippen molar-refractivity contribution < 1.29 is 19.4 Å². The second kappa shape index (κ2) is 7.22. The van der Waals surface area contributed by atoms with Crippen LogP contribution < -0.4 is 0 Å². The Morgan fingerprint density at radius 3 is 2.58 bits per heavy atom. The molecule has 1 saturated heterocycles. The maximum atomic E-state index is 11.2. The summed E-state index contributed by atoms with van der Waals surface area (Å²) < 4.78 is 11.1. The highest BCUT2D eigenvalue weighted by Gasteiger charge is 2.37. The zero-order valence-corrected chi connectivity index (χ0v) is 12.5.